The predicted octanol–water partition coefficient (Wildman–Crippen LogP) is 2.72. The monoisotopic (exact) mass is 274 g/mol. The Balaban J connectivity index is 0.00000162. The van der Waals surface area contributed by atoms with Crippen molar-refractivity contribution in [2.75, 3.05) is 6.54 Å². The molecule has 1 aliphatic heterocycles. The smallest absolute Gasteiger partial charge is 0.224 e. The normalized spacial score (nSPS) is 26.8. The number of amides is 1. The number of likely N-dealkylation sites (tertiary alicyclic amines) is 1. The molecule has 1 saturated heterocycles. The van der Waals surface area contributed by atoms with E-state index in [4.69, 9.17) is 5.73 Å². The van der Waals surface area contributed by atoms with Crippen LogP contribution in [-0.4, -0.2) is 29.4 Å². The van der Waals surface area contributed by atoms with Gasteiger partial charge in [0.25, 0.3) is 0 Å². The maximum atomic E-state index is 12.2. The van der Waals surface area contributed by atoms with Gasteiger partial charge in [-0.05, 0) is 38.5 Å². The van der Waals surface area contributed by atoms with Crippen LogP contribution in [0.25, 0.3) is 0 Å². The van der Waals surface area contributed by atoms with E-state index in [1.807, 2.05) is 6.92 Å². The van der Waals surface area contributed by atoms with Gasteiger partial charge in [0.1, 0.15) is 0 Å². The number of rotatable bonds is 3. The van der Waals surface area contributed by atoms with Crippen LogP contribution in [0.5, 0.6) is 0 Å². The third-order valence-corrected chi connectivity index (χ3v) is 4.31. The van der Waals surface area contributed by atoms with Crippen LogP contribution in [0, 0.1) is 5.92 Å². The SMILES string of the molecule is CC(N)CC(=O)N1CCCC1C1CCCCC1.Cl. The van der Waals surface area contributed by atoms with Crippen LogP contribution in [0.15, 0.2) is 0 Å². The highest BCUT2D eigenvalue weighted by molar-refractivity contribution is 5.85. The molecule has 1 amide bonds. The molecule has 0 aromatic rings. The molecule has 18 heavy (non-hydrogen) atoms. The summed E-state index contributed by atoms with van der Waals surface area (Å²) in [6, 6.07) is 0.525. The highest BCUT2D eigenvalue weighted by atomic mass is 35.5. The van der Waals surface area contributed by atoms with Crippen LogP contribution in [0.3, 0.4) is 0 Å². The fraction of sp³-hybridized carbons (Fsp3) is 0.929. The first-order valence-corrected chi connectivity index (χ1v) is 7.23. The van der Waals surface area contributed by atoms with Crippen molar-refractivity contribution in [1.29, 1.82) is 0 Å². The first-order chi connectivity index (χ1) is 8.18. The maximum Gasteiger partial charge on any atom is 0.224 e. The van der Waals surface area contributed by atoms with Crippen molar-refractivity contribution in [3.05, 3.63) is 0 Å². The second kappa shape index (κ2) is 7.34. The van der Waals surface area contributed by atoms with Gasteiger partial charge in [-0.25, -0.2) is 0 Å². The van der Waals surface area contributed by atoms with Crippen LogP contribution >= 0.6 is 12.4 Å². The van der Waals surface area contributed by atoms with Crippen molar-refractivity contribution in [2.24, 2.45) is 11.7 Å². The van der Waals surface area contributed by atoms with Crippen molar-refractivity contribution in [1.82, 2.24) is 4.90 Å². The number of nitrogens with two attached hydrogens (primary N) is 1. The Kier molecular flexibility index (Phi) is 6.44. The van der Waals surface area contributed by atoms with Crippen molar-refractivity contribution in [2.45, 2.75) is 70.4 Å². The third kappa shape index (κ3) is 3.86. The zero-order valence-electron chi connectivity index (χ0n) is 11.4. The molecule has 2 unspecified atom stereocenters. The van der Waals surface area contributed by atoms with Gasteiger partial charge in [0.15, 0.2) is 0 Å². The number of halogens is 1. The van der Waals surface area contributed by atoms with Gasteiger partial charge in [-0.2, -0.15) is 0 Å². The van der Waals surface area contributed by atoms with E-state index in [1.165, 1.54) is 44.9 Å². The average Bonchev–Trinajstić information content (AvgIpc) is 2.78. The number of nitrogens with zero attached hydrogens (tertiary/aromatic N) is 1. The summed E-state index contributed by atoms with van der Waals surface area (Å²) in [6.45, 7) is 2.89. The van der Waals surface area contributed by atoms with Crippen molar-refractivity contribution in [3.8, 4) is 0 Å². The van der Waals surface area contributed by atoms with Crippen molar-refractivity contribution in [3.63, 3.8) is 0 Å². The van der Waals surface area contributed by atoms with Gasteiger partial charge in [0.05, 0.1) is 0 Å². The molecule has 1 aliphatic carbocycles. The van der Waals surface area contributed by atoms with E-state index in [1.54, 1.807) is 0 Å². The standard InChI is InChI=1S/C14H26N2O.ClH/c1-11(15)10-14(17)16-9-5-8-13(16)12-6-3-2-4-7-12;/h11-13H,2-10,15H2,1H3;1H. The Morgan fingerprint density at radius 2 is 1.89 bits per heavy atom. The van der Waals surface area contributed by atoms with Crippen LogP contribution in [-0.2, 0) is 4.79 Å². The molecule has 2 aliphatic rings. The number of carbonyl (C=O) groups is 1. The van der Waals surface area contributed by atoms with Crippen LogP contribution in [0.1, 0.15) is 58.3 Å². The molecule has 0 aromatic carbocycles. The summed E-state index contributed by atoms with van der Waals surface area (Å²) in [5, 5.41) is 0. The third-order valence-electron chi connectivity index (χ3n) is 4.31. The Hall–Kier alpha value is -0.280. The zero-order valence-corrected chi connectivity index (χ0v) is 12.3. The van der Waals surface area contributed by atoms with Gasteiger partial charge in [-0.1, -0.05) is 19.3 Å². The summed E-state index contributed by atoms with van der Waals surface area (Å²) in [5.74, 6) is 1.05. The molecule has 2 atom stereocenters. The van der Waals surface area contributed by atoms with Gasteiger partial charge < -0.3 is 10.6 Å². The second-order valence-corrected chi connectivity index (χ2v) is 5.88. The summed E-state index contributed by atoms with van der Waals surface area (Å²) in [7, 11) is 0. The summed E-state index contributed by atoms with van der Waals surface area (Å²) >= 11 is 0. The number of carbonyl (C=O) groups excluding carboxylic acids is 1. The highest BCUT2D eigenvalue weighted by Gasteiger charge is 2.34. The molecular formula is C14H27ClN2O. The molecular weight excluding hydrogens is 248 g/mol. The topological polar surface area (TPSA) is 46.3 Å². The van der Waals surface area contributed by atoms with E-state index < -0.39 is 0 Å². The predicted molar refractivity (Wildman–Crippen MR) is 76.8 cm³/mol. The molecule has 0 aromatic heterocycles. The molecule has 2 N–H and O–H groups in total. The lowest BCUT2D eigenvalue weighted by Crippen LogP contribution is -2.42. The molecule has 1 heterocycles. The summed E-state index contributed by atoms with van der Waals surface area (Å²) in [6.07, 6.45) is 9.67. The largest absolute Gasteiger partial charge is 0.339 e. The van der Waals surface area contributed by atoms with Crippen LogP contribution in [0.4, 0.5) is 0 Å². The summed E-state index contributed by atoms with van der Waals surface area (Å²) in [5.41, 5.74) is 5.74. The van der Waals surface area contributed by atoms with E-state index in [0.717, 1.165) is 12.5 Å². The van der Waals surface area contributed by atoms with Crippen LogP contribution < -0.4 is 5.73 Å². The molecule has 0 spiro atoms. The molecule has 3 nitrogen and oxygen atoms in total. The first-order valence-electron chi connectivity index (χ1n) is 7.23. The second-order valence-electron chi connectivity index (χ2n) is 5.88. The lowest BCUT2D eigenvalue weighted by atomic mass is 9.83. The first kappa shape index (κ1) is 15.8. The Morgan fingerprint density at radius 3 is 2.50 bits per heavy atom. The minimum absolute atomic E-state index is 0. The average molecular weight is 275 g/mol. The minimum Gasteiger partial charge on any atom is -0.339 e. The van der Waals surface area contributed by atoms with Gasteiger partial charge in [0.2, 0.25) is 5.91 Å². The highest BCUT2D eigenvalue weighted by Crippen LogP contribution is 2.34. The van der Waals surface area contributed by atoms with Gasteiger partial charge >= 0.3 is 0 Å². The van der Waals surface area contributed by atoms with E-state index in [-0.39, 0.29) is 24.4 Å². The molecule has 1 saturated carbocycles. The van der Waals surface area contributed by atoms with E-state index in [9.17, 15) is 4.79 Å². The molecule has 106 valence electrons. The lowest BCUT2D eigenvalue weighted by Gasteiger charge is -2.34. The van der Waals surface area contributed by atoms with Gasteiger partial charge in [-0.3, -0.25) is 4.79 Å². The number of hydrogen-bond acceptors (Lipinski definition) is 2. The van der Waals surface area contributed by atoms with E-state index >= 15 is 0 Å². The van der Waals surface area contributed by atoms with Gasteiger partial charge in [-0.15, -0.1) is 12.4 Å². The van der Waals surface area contributed by atoms with Crippen molar-refractivity contribution >= 4 is 18.3 Å². The quantitative estimate of drug-likeness (QED) is 0.860. The molecule has 2 fully saturated rings. The lowest BCUT2D eigenvalue weighted by molar-refractivity contribution is -0.133. The molecule has 4 heteroatoms. The van der Waals surface area contributed by atoms with Gasteiger partial charge in [0, 0.05) is 25.0 Å². The molecule has 0 radical (unpaired) electrons. The Bertz CT molecular complexity index is 265. The number of hydrogen-bond donors (Lipinski definition) is 1. The van der Waals surface area contributed by atoms with E-state index in [2.05, 4.69) is 4.90 Å². The minimum atomic E-state index is -0.00453. The summed E-state index contributed by atoms with van der Waals surface area (Å²) in [4.78, 5) is 14.3. The zero-order chi connectivity index (χ0) is 12.3. The fourth-order valence-electron chi connectivity index (χ4n) is 3.50. The Morgan fingerprint density at radius 1 is 1.22 bits per heavy atom. The summed E-state index contributed by atoms with van der Waals surface area (Å²) < 4.78 is 0. The molecule has 0 bridgehead atoms. The van der Waals surface area contributed by atoms with Crippen LogP contribution in [0.2, 0.25) is 0 Å². The van der Waals surface area contributed by atoms with Crippen molar-refractivity contribution < 1.29 is 4.79 Å². The Labute approximate surface area is 117 Å². The molecule has 2 rings (SSSR count). The van der Waals surface area contributed by atoms with E-state index in [0.29, 0.717) is 12.5 Å². The fourth-order valence-corrected chi connectivity index (χ4v) is 3.50. The maximum absolute atomic E-state index is 12.2.